The molecule has 4 unspecified atom stereocenters. The Balaban J connectivity index is 1.54. The number of anilines is 1. The highest BCUT2D eigenvalue weighted by Crippen LogP contribution is 2.48. The smallest absolute Gasteiger partial charge is 0.307 e. The van der Waals surface area contributed by atoms with Gasteiger partial charge >= 0.3 is 5.97 Å². The summed E-state index contributed by atoms with van der Waals surface area (Å²) < 4.78 is 1.88. The molecular weight excluding hydrogens is 354 g/mol. The molecule has 0 aliphatic heterocycles. The second-order valence-electron chi connectivity index (χ2n) is 8.02. The van der Waals surface area contributed by atoms with Crippen molar-refractivity contribution in [1.29, 1.82) is 0 Å². The molecule has 6 nitrogen and oxygen atoms in total. The third-order valence-electron chi connectivity index (χ3n) is 6.13. The lowest BCUT2D eigenvalue weighted by Gasteiger charge is -2.23. The Kier molecular flexibility index (Phi) is 4.57. The van der Waals surface area contributed by atoms with Crippen LogP contribution >= 0.6 is 0 Å². The van der Waals surface area contributed by atoms with Gasteiger partial charge in [-0.15, -0.1) is 0 Å². The maximum Gasteiger partial charge on any atom is 0.307 e. The van der Waals surface area contributed by atoms with Crippen molar-refractivity contribution in [3.63, 3.8) is 0 Å². The number of aryl methyl sites for hydroxylation is 2. The molecule has 6 heteroatoms. The van der Waals surface area contributed by atoms with Crippen LogP contribution in [0.3, 0.4) is 0 Å². The van der Waals surface area contributed by atoms with Crippen molar-refractivity contribution in [3.05, 3.63) is 58.9 Å². The molecule has 1 aromatic carbocycles. The third kappa shape index (κ3) is 3.13. The van der Waals surface area contributed by atoms with Crippen LogP contribution in [0.25, 0.3) is 0 Å². The first-order valence-corrected chi connectivity index (χ1v) is 9.66. The van der Waals surface area contributed by atoms with E-state index in [-0.39, 0.29) is 17.7 Å². The summed E-state index contributed by atoms with van der Waals surface area (Å²) in [5.74, 6) is -2.30. The maximum absolute atomic E-state index is 13.0. The predicted molar refractivity (Wildman–Crippen MR) is 106 cm³/mol. The zero-order valence-corrected chi connectivity index (χ0v) is 16.3. The van der Waals surface area contributed by atoms with E-state index in [0.717, 1.165) is 23.4 Å². The molecule has 1 fully saturated rings. The number of amides is 1. The lowest BCUT2D eigenvalue weighted by Crippen LogP contribution is -2.36. The topological polar surface area (TPSA) is 84.2 Å². The fraction of sp³-hybridized carbons (Fsp3) is 0.409. The lowest BCUT2D eigenvalue weighted by molar-refractivity contribution is -0.146. The molecule has 2 N–H and O–H groups in total. The summed E-state index contributed by atoms with van der Waals surface area (Å²) in [5.41, 5.74) is 4.64. The van der Waals surface area contributed by atoms with Crippen molar-refractivity contribution in [3.8, 4) is 0 Å². The van der Waals surface area contributed by atoms with Gasteiger partial charge in [0.2, 0.25) is 5.91 Å². The molecule has 1 amide bonds. The van der Waals surface area contributed by atoms with Gasteiger partial charge in [-0.25, -0.2) is 0 Å². The summed E-state index contributed by atoms with van der Waals surface area (Å²) in [6.07, 6.45) is 4.69. The number of hydrogen-bond donors (Lipinski definition) is 2. The Morgan fingerprint density at radius 1 is 1.11 bits per heavy atom. The van der Waals surface area contributed by atoms with Gasteiger partial charge in [0.25, 0.3) is 0 Å². The van der Waals surface area contributed by atoms with E-state index in [0.29, 0.717) is 12.2 Å². The van der Waals surface area contributed by atoms with Crippen LogP contribution in [0.5, 0.6) is 0 Å². The summed E-state index contributed by atoms with van der Waals surface area (Å²) in [6.45, 7) is 6.47. The van der Waals surface area contributed by atoms with Crippen molar-refractivity contribution >= 4 is 17.6 Å². The Hall–Kier alpha value is -2.89. The van der Waals surface area contributed by atoms with Gasteiger partial charge in [0.1, 0.15) is 0 Å². The Morgan fingerprint density at radius 2 is 1.75 bits per heavy atom. The van der Waals surface area contributed by atoms with E-state index in [1.807, 2.05) is 30.7 Å². The van der Waals surface area contributed by atoms with Crippen LogP contribution in [0.4, 0.5) is 5.69 Å². The monoisotopic (exact) mass is 379 g/mol. The molecule has 146 valence electrons. The zero-order chi connectivity index (χ0) is 20.0. The number of fused-ring (bicyclic) bond motifs is 2. The van der Waals surface area contributed by atoms with Crippen LogP contribution in [0.1, 0.15) is 28.9 Å². The molecule has 2 aromatic rings. The van der Waals surface area contributed by atoms with E-state index in [2.05, 4.69) is 41.6 Å². The highest BCUT2D eigenvalue weighted by molar-refractivity contribution is 5.97. The molecule has 4 rings (SSSR count). The zero-order valence-electron chi connectivity index (χ0n) is 16.3. The van der Waals surface area contributed by atoms with Gasteiger partial charge in [-0.3, -0.25) is 14.3 Å². The standard InChI is InChI=1S/C22H25N3O3/c1-12-4-6-15(7-5-12)11-25-14(3)20(13(2)24-25)23-21(26)18-16-8-9-17(10-16)19(18)22(27)28/h4-9,16-19H,10-11H2,1-3H3,(H,23,26)(H,27,28). The predicted octanol–water partition coefficient (Wildman–Crippen LogP) is 3.32. The number of carboxylic acid groups (broad SMARTS) is 1. The minimum Gasteiger partial charge on any atom is -0.481 e. The van der Waals surface area contributed by atoms with Crippen LogP contribution in [0.15, 0.2) is 36.4 Å². The van der Waals surface area contributed by atoms with Crippen LogP contribution in [0.2, 0.25) is 0 Å². The number of rotatable bonds is 5. The molecule has 0 spiro atoms. The Bertz CT molecular complexity index is 958. The van der Waals surface area contributed by atoms with Gasteiger partial charge in [-0.1, -0.05) is 42.0 Å². The molecule has 4 atom stereocenters. The minimum absolute atomic E-state index is 0.00863. The summed E-state index contributed by atoms with van der Waals surface area (Å²) >= 11 is 0. The number of carbonyl (C=O) groups is 2. The minimum atomic E-state index is -0.888. The molecular formula is C22H25N3O3. The molecule has 28 heavy (non-hydrogen) atoms. The Morgan fingerprint density at radius 3 is 2.39 bits per heavy atom. The van der Waals surface area contributed by atoms with Crippen LogP contribution in [0, 0.1) is 44.4 Å². The van der Waals surface area contributed by atoms with E-state index >= 15 is 0 Å². The van der Waals surface area contributed by atoms with Gasteiger partial charge in [-0.2, -0.15) is 5.10 Å². The van der Waals surface area contributed by atoms with Crippen LogP contribution < -0.4 is 5.32 Å². The average Bonchev–Trinajstić information content (AvgIpc) is 3.33. The quantitative estimate of drug-likeness (QED) is 0.781. The van der Waals surface area contributed by atoms with Crippen molar-refractivity contribution in [2.75, 3.05) is 5.32 Å². The molecule has 2 aliphatic carbocycles. The highest BCUT2D eigenvalue weighted by Gasteiger charge is 2.51. The maximum atomic E-state index is 13.0. The van der Waals surface area contributed by atoms with E-state index < -0.39 is 17.8 Å². The van der Waals surface area contributed by atoms with Gasteiger partial charge in [0, 0.05) is 0 Å². The van der Waals surface area contributed by atoms with Crippen LogP contribution in [-0.4, -0.2) is 26.8 Å². The van der Waals surface area contributed by atoms with E-state index in [1.54, 1.807) is 0 Å². The normalized spacial score (nSPS) is 25.2. The SMILES string of the molecule is Cc1ccc(Cn2nc(C)c(NC(=O)C3C4C=CC(C4)C3C(=O)O)c2C)cc1. The molecule has 0 saturated heterocycles. The third-order valence-corrected chi connectivity index (χ3v) is 6.13. The number of aliphatic carboxylic acids is 1. The van der Waals surface area contributed by atoms with Gasteiger partial charge in [-0.05, 0) is 44.6 Å². The number of nitrogens with one attached hydrogen (secondary N) is 1. The van der Waals surface area contributed by atoms with Gasteiger partial charge in [0.05, 0.1) is 35.5 Å². The van der Waals surface area contributed by atoms with E-state index in [1.165, 1.54) is 5.56 Å². The second kappa shape index (κ2) is 6.93. The number of allylic oxidation sites excluding steroid dienone is 2. The first-order chi connectivity index (χ1) is 13.3. The molecule has 0 radical (unpaired) electrons. The molecule has 2 aliphatic rings. The first kappa shape index (κ1) is 18.5. The average molecular weight is 379 g/mol. The van der Waals surface area contributed by atoms with Gasteiger partial charge in [0.15, 0.2) is 0 Å². The van der Waals surface area contributed by atoms with Crippen molar-refractivity contribution in [1.82, 2.24) is 9.78 Å². The van der Waals surface area contributed by atoms with Crippen molar-refractivity contribution < 1.29 is 14.7 Å². The summed E-state index contributed by atoms with van der Waals surface area (Å²) in [4.78, 5) is 24.7. The molecule has 1 aromatic heterocycles. The number of carboxylic acids is 1. The molecule has 1 saturated carbocycles. The fourth-order valence-corrected chi connectivity index (χ4v) is 4.62. The summed E-state index contributed by atoms with van der Waals surface area (Å²) in [6, 6.07) is 8.28. The second-order valence-corrected chi connectivity index (χ2v) is 8.02. The Labute approximate surface area is 164 Å². The highest BCUT2D eigenvalue weighted by atomic mass is 16.4. The summed E-state index contributed by atoms with van der Waals surface area (Å²) in [5, 5.41) is 17.2. The lowest BCUT2D eigenvalue weighted by atomic mass is 9.82. The largest absolute Gasteiger partial charge is 0.481 e. The molecule has 1 heterocycles. The number of hydrogen-bond acceptors (Lipinski definition) is 3. The van der Waals surface area contributed by atoms with Crippen molar-refractivity contribution in [2.45, 2.75) is 33.7 Å². The summed E-state index contributed by atoms with van der Waals surface area (Å²) in [7, 11) is 0. The number of benzene rings is 1. The van der Waals surface area contributed by atoms with E-state index in [4.69, 9.17) is 0 Å². The van der Waals surface area contributed by atoms with Crippen molar-refractivity contribution in [2.24, 2.45) is 23.7 Å². The van der Waals surface area contributed by atoms with Gasteiger partial charge < -0.3 is 10.4 Å². The number of aromatic nitrogens is 2. The van der Waals surface area contributed by atoms with Crippen LogP contribution in [-0.2, 0) is 16.1 Å². The molecule has 2 bridgehead atoms. The van der Waals surface area contributed by atoms with E-state index in [9.17, 15) is 14.7 Å². The first-order valence-electron chi connectivity index (χ1n) is 9.66. The fourth-order valence-electron chi connectivity index (χ4n) is 4.62. The number of carbonyl (C=O) groups excluding carboxylic acids is 1. The number of nitrogens with zero attached hydrogens (tertiary/aromatic N) is 2.